The highest BCUT2D eigenvalue weighted by Gasteiger charge is 2.15. The largest absolute Gasteiger partial charge is 0.481 e. The zero-order chi connectivity index (χ0) is 15.8. The minimum absolute atomic E-state index is 0.0660. The molecule has 0 heterocycles. The molecule has 1 saturated carbocycles. The maximum Gasteiger partial charge on any atom is 0.315 e. The summed E-state index contributed by atoms with van der Waals surface area (Å²) in [5, 5.41) is 13.7. The Morgan fingerprint density at radius 2 is 1.73 bits per heavy atom. The van der Waals surface area contributed by atoms with Crippen LogP contribution in [-0.2, 0) is 11.3 Å². The molecule has 0 bridgehead atoms. The first kappa shape index (κ1) is 16.3. The van der Waals surface area contributed by atoms with Crippen LogP contribution in [-0.4, -0.2) is 23.7 Å². The highest BCUT2D eigenvalue weighted by molar-refractivity contribution is 5.74. The van der Waals surface area contributed by atoms with Gasteiger partial charge in [-0.3, -0.25) is 4.79 Å². The molecule has 0 unspecified atom stereocenters. The average molecular weight is 304 g/mol. The second-order valence-corrected chi connectivity index (χ2v) is 5.83. The molecule has 120 valence electrons. The van der Waals surface area contributed by atoms with Crippen LogP contribution in [0.15, 0.2) is 24.3 Å². The van der Waals surface area contributed by atoms with Gasteiger partial charge < -0.3 is 15.7 Å². The van der Waals surface area contributed by atoms with Gasteiger partial charge >= 0.3 is 12.0 Å². The van der Waals surface area contributed by atoms with Gasteiger partial charge in [-0.1, -0.05) is 43.5 Å². The molecule has 22 heavy (non-hydrogen) atoms. The van der Waals surface area contributed by atoms with Gasteiger partial charge in [0.2, 0.25) is 0 Å². The highest BCUT2D eigenvalue weighted by atomic mass is 16.4. The first-order chi connectivity index (χ1) is 10.6. The number of carboxylic acid groups (broad SMARTS) is 1. The number of aliphatic carboxylic acids is 1. The van der Waals surface area contributed by atoms with E-state index in [4.69, 9.17) is 5.11 Å². The van der Waals surface area contributed by atoms with E-state index >= 15 is 0 Å². The molecular formula is C17H24N2O3. The van der Waals surface area contributed by atoms with Crippen molar-refractivity contribution in [2.24, 2.45) is 0 Å². The topological polar surface area (TPSA) is 78.4 Å². The van der Waals surface area contributed by atoms with Crippen LogP contribution in [0.3, 0.4) is 0 Å². The van der Waals surface area contributed by atoms with Crippen LogP contribution >= 0.6 is 0 Å². The minimum Gasteiger partial charge on any atom is -0.481 e. The Labute approximate surface area is 131 Å². The Morgan fingerprint density at radius 1 is 1.05 bits per heavy atom. The van der Waals surface area contributed by atoms with Crippen molar-refractivity contribution in [1.29, 1.82) is 0 Å². The van der Waals surface area contributed by atoms with E-state index in [2.05, 4.69) is 34.9 Å². The van der Waals surface area contributed by atoms with Gasteiger partial charge in [0.25, 0.3) is 0 Å². The fourth-order valence-electron chi connectivity index (χ4n) is 2.87. The summed E-state index contributed by atoms with van der Waals surface area (Å²) in [6.45, 7) is 0.589. The third-order valence-corrected chi connectivity index (χ3v) is 4.13. The second-order valence-electron chi connectivity index (χ2n) is 5.83. The smallest absolute Gasteiger partial charge is 0.315 e. The summed E-state index contributed by atoms with van der Waals surface area (Å²) in [6, 6.07) is 8.10. The van der Waals surface area contributed by atoms with E-state index in [-0.39, 0.29) is 19.0 Å². The Bertz CT molecular complexity index is 493. The molecule has 3 N–H and O–H groups in total. The number of carboxylic acids is 1. The standard InChI is InChI=1S/C17H24N2O3/c20-16(21)10-11-18-17(22)19-12-13-6-8-15(9-7-13)14-4-2-1-3-5-14/h6-9,14H,1-5,10-12H2,(H,20,21)(H2,18,19,22). The molecule has 5 nitrogen and oxygen atoms in total. The first-order valence-electron chi connectivity index (χ1n) is 7.97. The van der Waals surface area contributed by atoms with E-state index in [9.17, 15) is 9.59 Å². The quantitative estimate of drug-likeness (QED) is 0.756. The minimum atomic E-state index is -0.918. The van der Waals surface area contributed by atoms with Crippen LogP contribution in [0.5, 0.6) is 0 Å². The molecule has 0 atom stereocenters. The first-order valence-corrected chi connectivity index (χ1v) is 7.97. The molecule has 1 aliphatic rings. The molecule has 5 heteroatoms. The molecule has 0 aromatic heterocycles. The Balaban J connectivity index is 1.74. The van der Waals surface area contributed by atoms with Crippen molar-refractivity contribution in [2.45, 2.75) is 51.0 Å². The SMILES string of the molecule is O=C(O)CCNC(=O)NCc1ccc(C2CCCCC2)cc1. The Morgan fingerprint density at radius 3 is 2.36 bits per heavy atom. The van der Waals surface area contributed by atoms with Crippen molar-refractivity contribution in [3.63, 3.8) is 0 Å². The summed E-state index contributed by atoms with van der Waals surface area (Å²) in [6.07, 6.45) is 6.50. The highest BCUT2D eigenvalue weighted by Crippen LogP contribution is 2.32. The number of urea groups is 1. The number of nitrogens with one attached hydrogen (secondary N) is 2. The number of hydrogen-bond acceptors (Lipinski definition) is 2. The third-order valence-electron chi connectivity index (χ3n) is 4.13. The normalized spacial score (nSPS) is 15.3. The van der Waals surface area contributed by atoms with E-state index in [1.54, 1.807) is 0 Å². The number of carbonyl (C=O) groups excluding carboxylic acids is 1. The van der Waals surface area contributed by atoms with Crippen LogP contribution in [0.4, 0.5) is 4.79 Å². The maximum atomic E-state index is 11.5. The van der Waals surface area contributed by atoms with Crippen molar-refractivity contribution in [3.05, 3.63) is 35.4 Å². The third kappa shape index (κ3) is 5.39. The number of carbonyl (C=O) groups is 2. The van der Waals surface area contributed by atoms with E-state index in [0.29, 0.717) is 12.5 Å². The number of hydrogen-bond donors (Lipinski definition) is 3. The lowest BCUT2D eigenvalue weighted by atomic mass is 9.84. The van der Waals surface area contributed by atoms with Gasteiger partial charge in [0.15, 0.2) is 0 Å². The molecule has 0 aliphatic heterocycles. The summed E-state index contributed by atoms with van der Waals surface area (Å²) in [5.74, 6) is -0.228. The summed E-state index contributed by atoms with van der Waals surface area (Å²) < 4.78 is 0. The molecule has 1 aliphatic carbocycles. The van der Waals surface area contributed by atoms with Crippen molar-refractivity contribution in [1.82, 2.24) is 10.6 Å². The molecule has 0 saturated heterocycles. The molecule has 2 amide bonds. The summed E-state index contributed by atoms with van der Waals surface area (Å²) in [4.78, 5) is 21.8. The summed E-state index contributed by atoms with van der Waals surface area (Å²) >= 11 is 0. The van der Waals surface area contributed by atoms with E-state index in [0.717, 1.165) is 5.56 Å². The van der Waals surface area contributed by atoms with Gasteiger partial charge in [-0.25, -0.2) is 4.79 Å². The monoisotopic (exact) mass is 304 g/mol. The lowest BCUT2D eigenvalue weighted by Crippen LogP contribution is -2.36. The molecule has 0 radical (unpaired) electrons. The average Bonchev–Trinajstić information content (AvgIpc) is 2.54. The lowest BCUT2D eigenvalue weighted by molar-refractivity contribution is -0.136. The van der Waals surface area contributed by atoms with Crippen LogP contribution in [0, 0.1) is 0 Å². The zero-order valence-corrected chi connectivity index (χ0v) is 12.8. The second kappa shape index (κ2) is 8.41. The predicted octanol–water partition coefficient (Wildman–Crippen LogP) is 3.01. The fraction of sp³-hybridized carbons (Fsp3) is 0.529. The van der Waals surface area contributed by atoms with Crippen molar-refractivity contribution in [3.8, 4) is 0 Å². The van der Waals surface area contributed by atoms with Gasteiger partial charge in [-0.15, -0.1) is 0 Å². The van der Waals surface area contributed by atoms with Crippen LogP contribution in [0.1, 0.15) is 55.6 Å². The zero-order valence-electron chi connectivity index (χ0n) is 12.8. The van der Waals surface area contributed by atoms with E-state index < -0.39 is 5.97 Å². The van der Waals surface area contributed by atoms with Crippen molar-refractivity contribution >= 4 is 12.0 Å². The van der Waals surface area contributed by atoms with Crippen LogP contribution in [0.2, 0.25) is 0 Å². The molecule has 1 aromatic rings. The molecule has 1 fully saturated rings. The van der Waals surface area contributed by atoms with E-state index in [1.807, 2.05) is 0 Å². The van der Waals surface area contributed by atoms with Crippen molar-refractivity contribution in [2.75, 3.05) is 6.54 Å². The number of rotatable bonds is 6. The Kier molecular flexibility index (Phi) is 6.25. The number of amides is 2. The molecule has 2 rings (SSSR count). The molecule has 1 aromatic carbocycles. The molecule has 0 spiro atoms. The fourth-order valence-corrected chi connectivity index (χ4v) is 2.87. The van der Waals surface area contributed by atoms with Gasteiger partial charge in [0.05, 0.1) is 6.42 Å². The number of benzene rings is 1. The predicted molar refractivity (Wildman–Crippen MR) is 84.8 cm³/mol. The van der Waals surface area contributed by atoms with Gasteiger partial charge in [0, 0.05) is 13.1 Å². The van der Waals surface area contributed by atoms with Gasteiger partial charge in [-0.2, -0.15) is 0 Å². The van der Waals surface area contributed by atoms with E-state index in [1.165, 1.54) is 37.7 Å². The van der Waals surface area contributed by atoms with Gasteiger partial charge in [-0.05, 0) is 29.9 Å². The van der Waals surface area contributed by atoms with Crippen LogP contribution < -0.4 is 10.6 Å². The summed E-state index contributed by atoms with van der Waals surface area (Å²) in [5.41, 5.74) is 2.45. The van der Waals surface area contributed by atoms with Gasteiger partial charge in [0.1, 0.15) is 0 Å². The Hall–Kier alpha value is -2.04. The molecular weight excluding hydrogens is 280 g/mol. The summed E-state index contributed by atoms with van der Waals surface area (Å²) in [7, 11) is 0. The maximum absolute atomic E-state index is 11.5. The van der Waals surface area contributed by atoms with Crippen molar-refractivity contribution < 1.29 is 14.7 Å². The van der Waals surface area contributed by atoms with Crippen LogP contribution in [0.25, 0.3) is 0 Å². The lowest BCUT2D eigenvalue weighted by Gasteiger charge is -2.22.